The summed E-state index contributed by atoms with van der Waals surface area (Å²) in [6, 6.07) is 0.654. The number of nitrogens with one attached hydrogen (secondary N) is 1. The molecule has 0 aromatic rings. The van der Waals surface area contributed by atoms with Gasteiger partial charge in [-0.25, -0.2) is 0 Å². The zero-order chi connectivity index (χ0) is 13.6. The van der Waals surface area contributed by atoms with Crippen molar-refractivity contribution in [2.75, 3.05) is 53.6 Å². The van der Waals surface area contributed by atoms with E-state index >= 15 is 0 Å². The highest BCUT2D eigenvalue weighted by Crippen LogP contribution is 2.05. The van der Waals surface area contributed by atoms with E-state index in [2.05, 4.69) is 24.1 Å². The van der Waals surface area contributed by atoms with Crippen LogP contribution in [-0.2, 0) is 9.47 Å². The minimum absolute atomic E-state index is 0.654. The Morgan fingerprint density at radius 1 is 1.00 bits per heavy atom. The highest BCUT2D eigenvalue weighted by Gasteiger charge is 2.10. The Morgan fingerprint density at radius 3 is 2.33 bits per heavy atom. The molecule has 0 bridgehead atoms. The molecule has 0 fully saturated rings. The van der Waals surface area contributed by atoms with E-state index in [1.807, 2.05) is 0 Å². The van der Waals surface area contributed by atoms with Gasteiger partial charge in [-0.2, -0.15) is 0 Å². The molecule has 0 aromatic carbocycles. The molecule has 0 spiro atoms. The van der Waals surface area contributed by atoms with Gasteiger partial charge in [0.2, 0.25) is 0 Å². The lowest BCUT2D eigenvalue weighted by Gasteiger charge is -2.28. The van der Waals surface area contributed by atoms with E-state index in [1.165, 1.54) is 25.8 Å². The molecule has 1 unspecified atom stereocenters. The topological polar surface area (TPSA) is 33.7 Å². The van der Waals surface area contributed by atoms with Gasteiger partial charge in [0.1, 0.15) is 0 Å². The van der Waals surface area contributed by atoms with E-state index in [0.717, 1.165) is 32.8 Å². The van der Waals surface area contributed by atoms with E-state index in [1.54, 1.807) is 14.2 Å². The van der Waals surface area contributed by atoms with Gasteiger partial charge in [0.25, 0.3) is 0 Å². The van der Waals surface area contributed by atoms with Gasteiger partial charge in [-0.15, -0.1) is 0 Å². The van der Waals surface area contributed by atoms with Crippen molar-refractivity contribution in [3.63, 3.8) is 0 Å². The Labute approximate surface area is 113 Å². The van der Waals surface area contributed by atoms with Gasteiger partial charge in [0.05, 0.1) is 13.2 Å². The Kier molecular flexibility index (Phi) is 13.2. The average molecular weight is 260 g/mol. The van der Waals surface area contributed by atoms with Crippen LogP contribution in [0.2, 0.25) is 0 Å². The van der Waals surface area contributed by atoms with E-state index in [-0.39, 0.29) is 0 Å². The molecule has 110 valence electrons. The normalized spacial score (nSPS) is 13.2. The maximum absolute atomic E-state index is 5.17. The van der Waals surface area contributed by atoms with Crippen LogP contribution in [0.3, 0.4) is 0 Å². The third kappa shape index (κ3) is 9.83. The zero-order valence-electron chi connectivity index (χ0n) is 12.7. The number of ether oxygens (including phenoxy) is 2. The first-order chi connectivity index (χ1) is 8.76. The summed E-state index contributed by atoms with van der Waals surface area (Å²) in [4.78, 5) is 2.53. The molecule has 4 heteroatoms. The Balaban J connectivity index is 3.56. The van der Waals surface area contributed by atoms with Crippen LogP contribution >= 0.6 is 0 Å². The van der Waals surface area contributed by atoms with Crippen molar-refractivity contribution in [2.45, 2.75) is 39.2 Å². The molecular formula is C14H32N2O2. The smallest absolute Gasteiger partial charge is 0.0589 e. The molecule has 0 amide bonds. The molecule has 0 aromatic heterocycles. The van der Waals surface area contributed by atoms with E-state index < -0.39 is 0 Å². The lowest BCUT2D eigenvalue weighted by Crippen LogP contribution is -2.36. The predicted molar refractivity (Wildman–Crippen MR) is 77.2 cm³/mol. The molecular weight excluding hydrogens is 228 g/mol. The molecule has 0 radical (unpaired) electrons. The van der Waals surface area contributed by atoms with Gasteiger partial charge in [0, 0.05) is 33.4 Å². The quantitative estimate of drug-likeness (QED) is 0.512. The maximum atomic E-state index is 5.17. The van der Waals surface area contributed by atoms with Crippen molar-refractivity contribution in [1.82, 2.24) is 10.2 Å². The largest absolute Gasteiger partial charge is 0.383 e. The Morgan fingerprint density at radius 2 is 1.72 bits per heavy atom. The van der Waals surface area contributed by atoms with Crippen LogP contribution in [0.25, 0.3) is 0 Å². The van der Waals surface area contributed by atoms with E-state index in [4.69, 9.17) is 9.47 Å². The number of unbranched alkanes of at least 4 members (excludes halogenated alkanes) is 1. The number of rotatable bonds is 13. The Hall–Kier alpha value is -0.160. The van der Waals surface area contributed by atoms with Crippen molar-refractivity contribution in [3.8, 4) is 0 Å². The summed E-state index contributed by atoms with van der Waals surface area (Å²) in [5, 5.41) is 3.38. The molecule has 0 saturated carbocycles. The summed E-state index contributed by atoms with van der Waals surface area (Å²) in [5.74, 6) is 0. The molecule has 1 atom stereocenters. The molecule has 1 N–H and O–H groups in total. The van der Waals surface area contributed by atoms with Crippen LogP contribution < -0.4 is 5.32 Å². The van der Waals surface area contributed by atoms with Gasteiger partial charge in [0.15, 0.2) is 0 Å². The van der Waals surface area contributed by atoms with E-state index in [9.17, 15) is 0 Å². The van der Waals surface area contributed by atoms with Crippen LogP contribution in [0.15, 0.2) is 0 Å². The van der Waals surface area contributed by atoms with Crippen LogP contribution in [0, 0.1) is 0 Å². The molecule has 18 heavy (non-hydrogen) atoms. The summed E-state index contributed by atoms with van der Waals surface area (Å²) in [6.45, 7) is 10.4. The van der Waals surface area contributed by atoms with Gasteiger partial charge < -0.3 is 14.8 Å². The third-order valence-electron chi connectivity index (χ3n) is 3.33. The molecule has 0 aliphatic carbocycles. The third-order valence-corrected chi connectivity index (χ3v) is 3.33. The number of nitrogens with zero attached hydrogens (tertiary/aromatic N) is 1. The first kappa shape index (κ1) is 17.8. The number of hydrogen-bond acceptors (Lipinski definition) is 4. The second-order valence-corrected chi connectivity index (χ2v) is 4.74. The summed E-state index contributed by atoms with van der Waals surface area (Å²) in [7, 11) is 3.51. The maximum Gasteiger partial charge on any atom is 0.0589 e. The van der Waals surface area contributed by atoms with Gasteiger partial charge in [-0.05, 0) is 39.3 Å². The van der Waals surface area contributed by atoms with Crippen LogP contribution in [0.4, 0.5) is 0 Å². The first-order valence-corrected chi connectivity index (χ1v) is 7.18. The second-order valence-electron chi connectivity index (χ2n) is 4.74. The predicted octanol–water partition coefficient (Wildman–Crippen LogP) is 1.75. The molecule has 4 nitrogen and oxygen atoms in total. The van der Waals surface area contributed by atoms with Crippen molar-refractivity contribution in [1.29, 1.82) is 0 Å². The summed E-state index contributed by atoms with van der Waals surface area (Å²) in [6.07, 6.45) is 3.67. The lowest BCUT2D eigenvalue weighted by atomic mass is 10.2. The fourth-order valence-corrected chi connectivity index (χ4v) is 1.88. The summed E-state index contributed by atoms with van der Waals surface area (Å²) >= 11 is 0. The van der Waals surface area contributed by atoms with Gasteiger partial charge in [-0.3, -0.25) is 4.90 Å². The van der Waals surface area contributed by atoms with Crippen molar-refractivity contribution in [2.24, 2.45) is 0 Å². The molecule has 0 rings (SSSR count). The standard InChI is InChI=1S/C14H32N2O2/c1-5-14(2)16(11-13-18-4)10-7-6-8-15-9-12-17-3/h14-15H,5-13H2,1-4H3. The van der Waals surface area contributed by atoms with Crippen molar-refractivity contribution >= 4 is 0 Å². The van der Waals surface area contributed by atoms with E-state index in [0.29, 0.717) is 6.04 Å². The fraction of sp³-hybridized carbons (Fsp3) is 1.00. The van der Waals surface area contributed by atoms with Crippen molar-refractivity contribution < 1.29 is 9.47 Å². The number of methoxy groups -OCH3 is 2. The summed E-state index contributed by atoms with van der Waals surface area (Å²) < 4.78 is 10.2. The van der Waals surface area contributed by atoms with Crippen LogP contribution in [0.1, 0.15) is 33.1 Å². The second kappa shape index (κ2) is 13.3. The number of hydrogen-bond donors (Lipinski definition) is 1. The first-order valence-electron chi connectivity index (χ1n) is 7.18. The van der Waals surface area contributed by atoms with Crippen LogP contribution in [-0.4, -0.2) is 64.6 Å². The minimum atomic E-state index is 0.654. The minimum Gasteiger partial charge on any atom is -0.383 e. The summed E-state index contributed by atoms with van der Waals surface area (Å²) in [5.41, 5.74) is 0. The van der Waals surface area contributed by atoms with Gasteiger partial charge in [-0.1, -0.05) is 6.92 Å². The Bertz CT molecular complexity index is 168. The zero-order valence-corrected chi connectivity index (χ0v) is 12.7. The average Bonchev–Trinajstić information content (AvgIpc) is 2.40. The van der Waals surface area contributed by atoms with Crippen LogP contribution in [0.5, 0.6) is 0 Å². The molecule has 0 aliphatic rings. The lowest BCUT2D eigenvalue weighted by molar-refractivity contribution is 0.121. The fourth-order valence-electron chi connectivity index (χ4n) is 1.88. The molecule has 0 saturated heterocycles. The highest BCUT2D eigenvalue weighted by atomic mass is 16.5. The van der Waals surface area contributed by atoms with Crippen molar-refractivity contribution in [3.05, 3.63) is 0 Å². The molecule has 0 heterocycles. The molecule has 0 aliphatic heterocycles. The highest BCUT2D eigenvalue weighted by molar-refractivity contribution is 4.66. The van der Waals surface area contributed by atoms with Gasteiger partial charge >= 0.3 is 0 Å². The monoisotopic (exact) mass is 260 g/mol. The SMILES string of the molecule is CCC(C)N(CCCCNCCOC)CCOC.